The maximum absolute atomic E-state index is 9.41. The van der Waals surface area contributed by atoms with Gasteiger partial charge in [0.15, 0.2) is 0 Å². The fourth-order valence-corrected chi connectivity index (χ4v) is 1.43. The Hall–Kier alpha value is -0.550. The molecule has 0 heterocycles. The van der Waals surface area contributed by atoms with Gasteiger partial charge in [0.25, 0.3) is 0 Å². The van der Waals surface area contributed by atoms with Crippen LogP contribution in [0.15, 0.2) is 30.9 Å². The Labute approximate surface area is 85.2 Å². The number of phenolic OH excluding ortho intramolecular Hbond substituents is 1. The zero-order valence-electron chi connectivity index (χ0n) is 6.50. The number of halogens is 1. The standard InChI is InChI=1S/C9H10INO/c1-2-8(11)7-5-6(10)3-4-9(7)12/h2-5,8,12H,1,11H2/t8-/m1/s1. The molecule has 0 bridgehead atoms. The molecular weight excluding hydrogens is 265 g/mol. The highest BCUT2D eigenvalue weighted by atomic mass is 127. The van der Waals surface area contributed by atoms with E-state index in [1.165, 1.54) is 0 Å². The lowest BCUT2D eigenvalue weighted by molar-refractivity contribution is 0.466. The molecule has 1 aromatic carbocycles. The zero-order chi connectivity index (χ0) is 9.14. The van der Waals surface area contributed by atoms with Crippen molar-refractivity contribution in [1.82, 2.24) is 0 Å². The van der Waals surface area contributed by atoms with E-state index in [0.29, 0.717) is 0 Å². The van der Waals surface area contributed by atoms with Crippen molar-refractivity contribution in [2.45, 2.75) is 6.04 Å². The first kappa shape index (κ1) is 9.54. The molecule has 64 valence electrons. The number of hydrogen-bond donors (Lipinski definition) is 2. The summed E-state index contributed by atoms with van der Waals surface area (Å²) in [5.74, 6) is 0.225. The number of phenols is 1. The summed E-state index contributed by atoms with van der Waals surface area (Å²) in [6.07, 6.45) is 1.60. The second kappa shape index (κ2) is 3.91. The Morgan fingerprint density at radius 1 is 1.58 bits per heavy atom. The molecule has 0 saturated carbocycles. The molecule has 0 radical (unpaired) electrons. The highest BCUT2D eigenvalue weighted by Crippen LogP contribution is 2.24. The molecule has 0 aliphatic rings. The van der Waals surface area contributed by atoms with Gasteiger partial charge in [0.05, 0.1) is 6.04 Å². The van der Waals surface area contributed by atoms with Crippen molar-refractivity contribution in [2.75, 3.05) is 0 Å². The third-order valence-electron chi connectivity index (χ3n) is 1.60. The molecule has 0 aromatic heterocycles. The third-order valence-corrected chi connectivity index (χ3v) is 2.27. The molecule has 1 atom stereocenters. The monoisotopic (exact) mass is 275 g/mol. The molecular formula is C9H10INO. The minimum Gasteiger partial charge on any atom is -0.508 e. The van der Waals surface area contributed by atoms with Crippen molar-refractivity contribution < 1.29 is 5.11 Å². The van der Waals surface area contributed by atoms with Crippen LogP contribution in [0.2, 0.25) is 0 Å². The van der Waals surface area contributed by atoms with Crippen LogP contribution in [0.25, 0.3) is 0 Å². The third kappa shape index (κ3) is 1.98. The van der Waals surface area contributed by atoms with Gasteiger partial charge in [-0.3, -0.25) is 0 Å². The average molecular weight is 275 g/mol. The normalized spacial score (nSPS) is 12.5. The minimum atomic E-state index is -0.292. The Kier molecular flexibility index (Phi) is 3.11. The lowest BCUT2D eigenvalue weighted by Gasteiger charge is -2.08. The first-order valence-electron chi connectivity index (χ1n) is 3.51. The predicted octanol–water partition coefficient (Wildman–Crippen LogP) is 2.18. The van der Waals surface area contributed by atoms with Crippen molar-refractivity contribution in [1.29, 1.82) is 0 Å². The summed E-state index contributed by atoms with van der Waals surface area (Å²) in [6.45, 7) is 3.57. The Bertz CT molecular complexity index is 299. The molecule has 12 heavy (non-hydrogen) atoms. The number of nitrogens with two attached hydrogens (primary N) is 1. The first-order valence-corrected chi connectivity index (χ1v) is 4.59. The van der Waals surface area contributed by atoms with Crippen molar-refractivity contribution in [3.8, 4) is 5.75 Å². The van der Waals surface area contributed by atoms with Gasteiger partial charge in [0, 0.05) is 9.13 Å². The Balaban J connectivity index is 3.12. The van der Waals surface area contributed by atoms with E-state index >= 15 is 0 Å². The maximum Gasteiger partial charge on any atom is 0.120 e. The van der Waals surface area contributed by atoms with Gasteiger partial charge in [-0.05, 0) is 40.8 Å². The average Bonchev–Trinajstić information content (AvgIpc) is 2.08. The van der Waals surface area contributed by atoms with E-state index in [0.717, 1.165) is 9.13 Å². The maximum atomic E-state index is 9.41. The number of benzene rings is 1. The van der Waals surface area contributed by atoms with Gasteiger partial charge in [0.2, 0.25) is 0 Å². The van der Waals surface area contributed by atoms with E-state index in [1.54, 1.807) is 12.1 Å². The van der Waals surface area contributed by atoms with Crippen LogP contribution in [0.1, 0.15) is 11.6 Å². The predicted molar refractivity (Wildman–Crippen MR) is 57.9 cm³/mol. The largest absolute Gasteiger partial charge is 0.508 e. The summed E-state index contributed by atoms with van der Waals surface area (Å²) in [4.78, 5) is 0. The van der Waals surface area contributed by atoms with Crippen LogP contribution in [0.5, 0.6) is 5.75 Å². The van der Waals surface area contributed by atoms with Crippen molar-refractivity contribution >= 4 is 22.6 Å². The second-order valence-corrected chi connectivity index (χ2v) is 3.71. The van der Waals surface area contributed by atoms with E-state index < -0.39 is 0 Å². The molecule has 0 spiro atoms. The van der Waals surface area contributed by atoms with Gasteiger partial charge in [0.1, 0.15) is 5.75 Å². The summed E-state index contributed by atoms with van der Waals surface area (Å²) in [7, 11) is 0. The van der Waals surface area contributed by atoms with Crippen LogP contribution in [-0.4, -0.2) is 5.11 Å². The van der Waals surface area contributed by atoms with E-state index in [4.69, 9.17) is 5.73 Å². The van der Waals surface area contributed by atoms with Gasteiger partial charge in [-0.15, -0.1) is 6.58 Å². The number of rotatable bonds is 2. The van der Waals surface area contributed by atoms with Gasteiger partial charge < -0.3 is 10.8 Å². The van der Waals surface area contributed by atoms with Crippen molar-refractivity contribution in [2.24, 2.45) is 5.73 Å². The van der Waals surface area contributed by atoms with Gasteiger partial charge in [-0.25, -0.2) is 0 Å². The molecule has 0 saturated heterocycles. The van der Waals surface area contributed by atoms with Crippen LogP contribution < -0.4 is 5.73 Å². The topological polar surface area (TPSA) is 46.2 Å². The molecule has 3 N–H and O–H groups in total. The molecule has 3 heteroatoms. The van der Waals surface area contributed by atoms with Crippen LogP contribution in [-0.2, 0) is 0 Å². The van der Waals surface area contributed by atoms with Crippen LogP contribution in [0.4, 0.5) is 0 Å². The number of aromatic hydroxyl groups is 1. The van der Waals surface area contributed by atoms with E-state index in [-0.39, 0.29) is 11.8 Å². The highest BCUT2D eigenvalue weighted by Gasteiger charge is 2.06. The van der Waals surface area contributed by atoms with Gasteiger partial charge in [-0.1, -0.05) is 6.08 Å². The van der Waals surface area contributed by atoms with E-state index in [2.05, 4.69) is 29.2 Å². The zero-order valence-corrected chi connectivity index (χ0v) is 8.65. The fraction of sp³-hybridized carbons (Fsp3) is 0.111. The van der Waals surface area contributed by atoms with Gasteiger partial charge in [-0.2, -0.15) is 0 Å². The molecule has 0 aliphatic carbocycles. The van der Waals surface area contributed by atoms with Crippen LogP contribution in [0, 0.1) is 3.57 Å². The summed E-state index contributed by atoms with van der Waals surface area (Å²) < 4.78 is 1.05. The van der Waals surface area contributed by atoms with Gasteiger partial charge >= 0.3 is 0 Å². The lowest BCUT2D eigenvalue weighted by atomic mass is 10.1. The second-order valence-electron chi connectivity index (χ2n) is 2.46. The first-order chi connectivity index (χ1) is 5.65. The Morgan fingerprint density at radius 3 is 2.83 bits per heavy atom. The lowest BCUT2D eigenvalue weighted by Crippen LogP contribution is -2.06. The van der Waals surface area contributed by atoms with Crippen LogP contribution >= 0.6 is 22.6 Å². The van der Waals surface area contributed by atoms with Crippen molar-refractivity contribution in [3.63, 3.8) is 0 Å². The molecule has 1 rings (SSSR count). The van der Waals surface area contributed by atoms with E-state index in [9.17, 15) is 5.11 Å². The molecule has 0 unspecified atom stereocenters. The minimum absolute atomic E-state index is 0.225. The molecule has 2 nitrogen and oxygen atoms in total. The SMILES string of the molecule is C=C[C@@H](N)c1cc(I)ccc1O. The molecule has 0 fully saturated rings. The quantitative estimate of drug-likeness (QED) is 0.642. The smallest absolute Gasteiger partial charge is 0.120 e. The summed E-state index contributed by atoms with van der Waals surface area (Å²) in [6, 6.07) is 5.03. The Morgan fingerprint density at radius 2 is 2.25 bits per heavy atom. The molecule has 1 aromatic rings. The molecule has 0 aliphatic heterocycles. The summed E-state index contributed by atoms with van der Waals surface area (Å²) in [5.41, 5.74) is 6.40. The van der Waals surface area contributed by atoms with Crippen LogP contribution in [0.3, 0.4) is 0 Å². The summed E-state index contributed by atoms with van der Waals surface area (Å²) >= 11 is 2.17. The van der Waals surface area contributed by atoms with Crippen molar-refractivity contribution in [3.05, 3.63) is 40.0 Å². The summed E-state index contributed by atoms with van der Waals surface area (Å²) in [5, 5.41) is 9.41. The number of hydrogen-bond acceptors (Lipinski definition) is 2. The highest BCUT2D eigenvalue weighted by molar-refractivity contribution is 14.1. The van der Waals surface area contributed by atoms with E-state index in [1.807, 2.05) is 12.1 Å². The fourth-order valence-electron chi connectivity index (χ4n) is 0.919. The molecule has 0 amide bonds.